The molecule has 0 saturated heterocycles. The Morgan fingerprint density at radius 1 is 1.33 bits per heavy atom. The first-order chi connectivity index (χ1) is 7.27. The summed E-state index contributed by atoms with van der Waals surface area (Å²) in [5.74, 6) is 0.748. The van der Waals surface area contributed by atoms with E-state index in [1.54, 1.807) is 19.1 Å². The molecule has 0 aliphatic carbocycles. The largest absolute Gasteiger partial charge is 0.494 e. The second kappa shape index (κ2) is 6.03. The van der Waals surface area contributed by atoms with Crippen LogP contribution in [0, 0.1) is 0 Å². The van der Waals surface area contributed by atoms with Crippen LogP contribution in [0.4, 0.5) is 0 Å². The van der Waals surface area contributed by atoms with Gasteiger partial charge in [0.15, 0.2) is 0 Å². The Kier molecular flexibility index (Phi) is 4.63. The molecule has 0 heterocycles. The fourth-order valence-corrected chi connectivity index (χ4v) is 1.10. The summed E-state index contributed by atoms with van der Waals surface area (Å²) in [6.07, 6.45) is 0.624. The van der Waals surface area contributed by atoms with Crippen molar-refractivity contribution in [2.75, 3.05) is 13.2 Å². The predicted molar refractivity (Wildman–Crippen MR) is 57.6 cm³/mol. The quantitative estimate of drug-likeness (QED) is 0.335. The van der Waals surface area contributed by atoms with Crippen LogP contribution < -0.4 is 4.74 Å². The maximum Gasteiger partial charge on any atom is 0.119 e. The Hall–Kier alpha value is -1.55. The van der Waals surface area contributed by atoms with E-state index in [2.05, 4.69) is 5.16 Å². The molecule has 1 aromatic rings. The summed E-state index contributed by atoms with van der Waals surface area (Å²) in [6, 6.07) is 7.26. The lowest BCUT2D eigenvalue weighted by atomic mass is 10.1. The summed E-state index contributed by atoms with van der Waals surface area (Å²) in [5.41, 5.74) is 1.42. The lowest BCUT2D eigenvalue weighted by molar-refractivity contribution is 0.233. The molecule has 0 fully saturated rings. The number of aliphatic hydroxyl groups excluding tert-OH is 1. The fraction of sp³-hybridized carbons (Fsp3) is 0.364. The van der Waals surface area contributed by atoms with Gasteiger partial charge in [0, 0.05) is 13.0 Å². The number of benzene rings is 1. The summed E-state index contributed by atoms with van der Waals surface area (Å²) >= 11 is 0. The van der Waals surface area contributed by atoms with Crippen molar-refractivity contribution >= 4 is 5.71 Å². The molecule has 0 aliphatic heterocycles. The van der Waals surface area contributed by atoms with Gasteiger partial charge in [-0.3, -0.25) is 0 Å². The minimum atomic E-state index is 0.133. The van der Waals surface area contributed by atoms with E-state index < -0.39 is 0 Å². The average molecular weight is 209 g/mol. The van der Waals surface area contributed by atoms with Crippen molar-refractivity contribution in [1.29, 1.82) is 0 Å². The molecular formula is C11H15NO3. The monoisotopic (exact) mass is 209 g/mol. The van der Waals surface area contributed by atoms with Gasteiger partial charge in [-0.1, -0.05) is 5.16 Å². The standard InChI is InChI=1S/C11H15NO3/c1-9(12-14)10-3-5-11(6-4-10)15-8-2-7-13/h3-6,13-14H,2,7-8H2,1H3/b12-9-. The van der Waals surface area contributed by atoms with E-state index in [1.807, 2.05) is 12.1 Å². The van der Waals surface area contributed by atoms with E-state index in [0.29, 0.717) is 18.7 Å². The molecule has 0 atom stereocenters. The molecule has 1 rings (SSSR count). The van der Waals surface area contributed by atoms with Gasteiger partial charge in [-0.25, -0.2) is 0 Å². The van der Waals surface area contributed by atoms with Crippen LogP contribution in [-0.2, 0) is 0 Å². The molecular weight excluding hydrogens is 194 g/mol. The van der Waals surface area contributed by atoms with Gasteiger partial charge in [-0.2, -0.15) is 0 Å². The van der Waals surface area contributed by atoms with Crippen molar-refractivity contribution in [3.8, 4) is 5.75 Å². The second-order valence-corrected chi connectivity index (χ2v) is 3.14. The molecule has 15 heavy (non-hydrogen) atoms. The zero-order chi connectivity index (χ0) is 11.1. The topological polar surface area (TPSA) is 62.1 Å². The molecule has 0 saturated carbocycles. The Balaban J connectivity index is 2.56. The van der Waals surface area contributed by atoms with Crippen molar-refractivity contribution in [3.05, 3.63) is 29.8 Å². The minimum Gasteiger partial charge on any atom is -0.494 e. The third-order valence-corrected chi connectivity index (χ3v) is 1.99. The highest BCUT2D eigenvalue weighted by molar-refractivity contribution is 5.98. The molecule has 0 aliphatic rings. The number of ether oxygens (including phenoxy) is 1. The number of hydrogen-bond donors (Lipinski definition) is 2. The van der Waals surface area contributed by atoms with Crippen LogP contribution in [0.2, 0.25) is 0 Å². The van der Waals surface area contributed by atoms with Gasteiger partial charge in [-0.05, 0) is 36.8 Å². The van der Waals surface area contributed by atoms with Crippen LogP contribution in [0.3, 0.4) is 0 Å². The van der Waals surface area contributed by atoms with Crippen molar-refractivity contribution in [2.24, 2.45) is 5.16 Å². The number of hydrogen-bond acceptors (Lipinski definition) is 4. The molecule has 4 nitrogen and oxygen atoms in total. The van der Waals surface area contributed by atoms with Crippen LogP contribution >= 0.6 is 0 Å². The van der Waals surface area contributed by atoms with Crippen molar-refractivity contribution in [1.82, 2.24) is 0 Å². The number of aliphatic hydroxyl groups is 1. The maximum atomic E-state index is 8.57. The first-order valence-electron chi connectivity index (χ1n) is 4.80. The Morgan fingerprint density at radius 2 is 2.00 bits per heavy atom. The van der Waals surface area contributed by atoms with E-state index in [-0.39, 0.29) is 6.61 Å². The zero-order valence-electron chi connectivity index (χ0n) is 8.68. The first-order valence-corrected chi connectivity index (χ1v) is 4.80. The lowest BCUT2D eigenvalue weighted by Gasteiger charge is -2.05. The van der Waals surface area contributed by atoms with Gasteiger partial charge >= 0.3 is 0 Å². The summed E-state index contributed by atoms with van der Waals surface area (Å²) in [4.78, 5) is 0. The molecule has 2 N–H and O–H groups in total. The Morgan fingerprint density at radius 3 is 2.53 bits per heavy atom. The van der Waals surface area contributed by atoms with Crippen LogP contribution in [0.25, 0.3) is 0 Å². The van der Waals surface area contributed by atoms with Gasteiger partial charge in [0.05, 0.1) is 12.3 Å². The molecule has 0 spiro atoms. The van der Waals surface area contributed by atoms with Gasteiger partial charge < -0.3 is 15.1 Å². The number of oxime groups is 1. The molecule has 1 aromatic carbocycles. The summed E-state index contributed by atoms with van der Waals surface area (Å²) in [5, 5.41) is 20.2. The minimum absolute atomic E-state index is 0.133. The van der Waals surface area contributed by atoms with Gasteiger partial charge in [0.1, 0.15) is 5.75 Å². The molecule has 0 bridgehead atoms. The summed E-state index contributed by atoms with van der Waals surface area (Å²) in [7, 11) is 0. The Bertz CT molecular complexity index is 319. The zero-order valence-corrected chi connectivity index (χ0v) is 8.68. The SMILES string of the molecule is C/C(=N/O)c1ccc(OCCCO)cc1. The van der Waals surface area contributed by atoms with Gasteiger partial charge in [-0.15, -0.1) is 0 Å². The average Bonchev–Trinajstić information content (AvgIpc) is 2.29. The van der Waals surface area contributed by atoms with Gasteiger partial charge in [0.2, 0.25) is 0 Å². The third kappa shape index (κ3) is 3.59. The van der Waals surface area contributed by atoms with Crippen molar-refractivity contribution in [2.45, 2.75) is 13.3 Å². The van der Waals surface area contributed by atoms with Gasteiger partial charge in [0.25, 0.3) is 0 Å². The smallest absolute Gasteiger partial charge is 0.119 e. The molecule has 0 amide bonds. The summed E-state index contributed by atoms with van der Waals surface area (Å²) in [6.45, 7) is 2.36. The van der Waals surface area contributed by atoms with Crippen LogP contribution in [0.5, 0.6) is 5.75 Å². The van der Waals surface area contributed by atoms with Crippen LogP contribution in [0.15, 0.2) is 29.4 Å². The van der Waals surface area contributed by atoms with E-state index in [9.17, 15) is 0 Å². The first kappa shape index (κ1) is 11.5. The molecule has 0 aromatic heterocycles. The van der Waals surface area contributed by atoms with E-state index in [1.165, 1.54) is 0 Å². The van der Waals surface area contributed by atoms with Crippen molar-refractivity contribution in [3.63, 3.8) is 0 Å². The Labute approximate surface area is 88.8 Å². The molecule has 4 heteroatoms. The maximum absolute atomic E-state index is 8.57. The fourth-order valence-electron chi connectivity index (χ4n) is 1.10. The highest BCUT2D eigenvalue weighted by Crippen LogP contribution is 2.12. The molecule has 0 radical (unpaired) electrons. The molecule has 82 valence electrons. The lowest BCUT2D eigenvalue weighted by Crippen LogP contribution is -2.00. The molecule has 0 unspecified atom stereocenters. The summed E-state index contributed by atoms with van der Waals surface area (Å²) < 4.78 is 5.35. The van der Waals surface area contributed by atoms with E-state index in [0.717, 1.165) is 11.3 Å². The normalized spacial score (nSPS) is 11.5. The number of nitrogens with zero attached hydrogens (tertiary/aromatic N) is 1. The third-order valence-electron chi connectivity index (χ3n) is 1.99. The van der Waals surface area contributed by atoms with Crippen LogP contribution in [-0.4, -0.2) is 29.2 Å². The van der Waals surface area contributed by atoms with Crippen LogP contribution in [0.1, 0.15) is 18.9 Å². The van der Waals surface area contributed by atoms with E-state index in [4.69, 9.17) is 15.1 Å². The highest BCUT2D eigenvalue weighted by Gasteiger charge is 1.98. The highest BCUT2D eigenvalue weighted by atomic mass is 16.5. The van der Waals surface area contributed by atoms with E-state index >= 15 is 0 Å². The number of rotatable bonds is 5. The van der Waals surface area contributed by atoms with Crippen molar-refractivity contribution < 1.29 is 15.1 Å². The second-order valence-electron chi connectivity index (χ2n) is 3.14. The predicted octanol–water partition coefficient (Wildman–Crippen LogP) is 1.65.